The van der Waals surface area contributed by atoms with Crippen LogP contribution in [0.15, 0.2) is 18.2 Å². The van der Waals surface area contributed by atoms with Gasteiger partial charge in [0.05, 0.1) is 18.0 Å². The molecular weight excluding hydrogens is 284 g/mol. The normalized spacial score (nSPS) is 11.3. The number of benzene rings is 1. The van der Waals surface area contributed by atoms with Crippen LogP contribution in [0.2, 0.25) is 0 Å². The van der Waals surface area contributed by atoms with E-state index in [1.807, 2.05) is 13.8 Å². The summed E-state index contributed by atoms with van der Waals surface area (Å²) in [6, 6.07) is 5.17. The van der Waals surface area contributed by atoms with E-state index in [1.165, 1.54) is 0 Å². The van der Waals surface area contributed by atoms with Gasteiger partial charge in [0, 0.05) is 12.2 Å². The molecule has 0 amide bonds. The molecule has 3 N–H and O–H groups in total. The Kier molecular flexibility index (Phi) is 5.71. The van der Waals surface area contributed by atoms with Crippen LogP contribution in [0.5, 0.6) is 0 Å². The molecule has 0 aliphatic rings. The van der Waals surface area contributed by atoms with Crippen LogP contribution in [0.3, 0.4) is 0 Å². The Morgan fingerprint density at radius 1 is 1.47 bits per heavy atom. The van der Waals surface area contributed by atoms with Crippen LogP contribution < -0.4 is 10.5 Å². The zero-order valence-electron chi connectivity index (χ0n) is 11.0. The Bertz CT molecular complexity index is 556. The Morgan fingerprint density at radius 2 is 2.16 bits per heavy atom. The lowest BCUT2D eigenvalue weighted by molar-refractivity contribution is 0.163. The van der Waals surface area contributed by atoms with Crippen LogP contribution in [0.1, 0.15) is 18.1 Å². The van der Waals surface area contributed by atoms with E-state index in [9.17, 15) is 8.42 Å². The fraction of sp³-hybridized carbons (Fsp3) is 0.417. The van der Waals surface area contributed by atoms with Gasteiger partial charge in [-0.3, -0.25) is 4.72 Å². The highest BCUT2D eigenvalue weighted by atomic mass is 32.2. The van der Waals surface area contributed by atoms with Crippen LogP contribution in [0.4, 0.5) is 5.69 Å². The molecule has 0 heterocycles. The highest BCUT2D eigenvalue weighted by Crippen LogP contribution is 2.18. The fourth-order valence-corrected chi connectivity index (χ4v) is 2.54. The molecule has 1 aromatic carbocycles. The monoisotopic (exact) mass is 302 g/mol. The van der Waals surface area contributed by atoms with Crippen molar-refractivity contribution in [2.75, 3.05) is 23.7 Å². The highest BCUT2D eigenvalue weighted by Gasteiger charge is 2.12. The Balaban J connectivity index is 2.86. The average Bonchev–Trinajstić information content (AvgIpc) is 2.31. The summed E-state index contributed by atoms with van der Waals surface area (Å²) in [6.45, 7) is 4.28. The minimum atomic E-state index is -3.43. The molecule has 7 heteroatoms. The lowest BCUT2D eigenvalue weighted by Crippen LogP contribution is -2.21. The van der Waals surface area contributed by atoms with Crippen molar-refractivity contribution in [3.05, 3.63) is 29.3 Å². The van der Waals surface area contributed by atoms with Crippen LogP contribution in [0.25, 0.3) is 0 Å². The summed E-state index contributed by atoms with van der Waals surface area (Å²) in [5, 5.41) is 0. The minimum absolute atomic E-state index is 0.0857. The predicted octanol–water partition coefficient (Wildman–Crippen LogP) is 1.41. The number of hydrogen-bond acceptors (Lipinski definition) is 4. The Morgan fingerprint density at radius 3 is 2.74 bits per heavy atom. The van der Waals surface area contributed by atoms with Gasteiger partial charge in [-0.1, -0.05) is 24.4 Å². The number of aryl methyl sites for hydroxylation is 1. The molecular formula is C12H18N2O3S2. The van der Waals surface area contributed by atoms with E-state index in [2.05, 4.69) is 4.72 Å². The highest BCUT2D eigenvalue weighted by molar-refractivity contribution is 7.92. The second-order valence-electron chi connectivity index (χ2n) is 4.01. The van der Waals surface area contributed by atoms with Gasteiger partial charge in [-0.2, -0.15) is 0 Å². The number of anilines is 1. The van der Waals surface area contributed by atoms with E-state index in [4.69, 9.17) is 22.7 Å². The summed E-state index contributed by atoms with van der Waals surface area (Å²) in [4.78, 5) is 0.231. The van der Waals surface area contributed by atoms with Crippen molar-refractivity contribution in [1.29, 1.82) is 0 Å². The molecule has 19 heavy (non-hydrogen) atoms. The molecule has 0 saturated heterocycles. The average molecular weight is 302 g/mol. The predicted molar refractivity (Wildman–Crippen MR) is 81.0 cm³/mol. The number of nitrogens with two attached hydrogens (primary N) is 1. The first-order valence-electron chi connectivity index (χ1n) is 5.84. The fourth-order valence-electron chi connectivity index (χ4n) is 1.42. The lowest BCUT2D eigenvalue weighted by Gasteiger charge is -2.12. The maximum Gasteiger partial charge on any atom is 0.235 e. The first kappa shape index (κ1) is 15.9. The third kappa shape index (κ3) is 5.14. The van der Waals surface area contributed by atoms with Gasteiger partial charge in [0.15, 0.2) is 0 Å². The molecule has 1 rings (SSSR count). The molecule has 0 fully saturated rings. The summed E-state index contributed by atoms with van der Waals surface area (Å²) in [7, 11) is -3.43. The van der Waals surface area contributed by atoms with Gasteiger partial charge in [0.2, 0.25) is 10.0 Å². The quantitative estimate of drug-likeness (QED) is 0.588. The van der Waals surface area contributed by atoms with Gasteiger partial charge in [-0.25, -0.2) is 8.42 Å². The van der Waals surface area contributed by atoms with Gasteiger partial charge < -0.3 is 10.5 Å². The zero-order valence-corrected chi connectivity index (χ0v) is 12.6. The Labute approximate surface area is 119 Å². The molecule has 5 nitrogen and oxygen atoms in total. The van der Waals surface area contributed by atoms with Gasteiger partial charge >= 0.3 is 0 Å². The van der Waals surface area contributed by atoms with E-state index in [1.54, 1.807) is 18.2 Å². The summed E-state index contributed by atoms with van der Waals surface area (Å²) >= 11 is 4.87. The lowest BCUT2D eigenvalue weighted by atomic mass is 10.1. The standard InChI is InChI=1S/C12H18N2O3S2/c1-3-17-6-7-19(15,16)14-11-8-10(12(13)18)5-4-9(11)2/h4-5,8,14H,3,6-7H2,1-2H3,(H2,13,18). The number of rotatable bonds is 7. The van der Waals surface area contributed by atoms with E-state index in [0.717, 1.165) is 5.56 Å². The molecule has 0 bridgehead atoms. The molecule has 1 aromatic rings. The van der Waals surface area contributed by atoms with Crippen LogP contribution in [0, 0.1) is 6.92 Å². The number of nitrogens with one attached hydrogen (secondary N) is 1. The second kappa shape index (κ2) is 6.83. The molecule has 106 valence electrons. The molecule has 0 aliphatic carbocycles. The van der Waals surface area contributed by atoms with E-state index in [0.29, 0.717) is 17.9 Å². The number of sulfonamides is 1. The summed E-state index contributed by atoms with van der Waals surface area (Å²) < 4.78 is 31.3. The van der Waals surface area contributed by atoms with E-state index in [-0.39, 0.29) is 17.3 Å². The van der Waals surface area contributed by atoms with Crippen molar-refractivity contribution >= 4 is 32.9 Å². The summed E-state index contributed by atoms with van der Waals surface area (Å²) in [5.41, 5.74) is 7.45. The molecule has 0 aromatic heterocycles. The largest absolute Gasteiger partial charge is 0.389 e. The molecule has 0 saturated carbocycles. The van der Waals surface area contributed by atoms with E-state index >= 15 is 0 Å². The van der Waals surface area contributed by atoms with Crippen LogP contribution in [-0.2, 0) is 14.8 Å². The number of hydrogen-bond donors (Lipinski definition) is 2. The van der Waals surface area contributed by atoms with E-state index < -0.39 is 10.0 Å². The second-order valence-corrected chi connectivity index (χ2v) is 6.29. The molecule has 0 radical (unpaired) electrons. The van der Waals surface area contributed by atoms with Gasteiger partial charge in [-0.15, -0.1) is 0 Å². The molecule has 0 unspecified atom stereocenters. The molecule has 0 spiro atoms. The van der Waals surface area contributed by atoms with Crippen molar-refractivity contribution in [2.24, 2.45) is 5.73 Å². The first-order chi connectivity index (χ1) is 8.85. The van der Waals surface area contributed by atoms with Crippen molar-refractivity contribution in [1.82, 2.24) is 0 Å². The molecule has 0 aliphatic heterocycles. The first-order valence-corrected chi connectivity index (χ1v) is 7.90. The third-order valence-electron chi connectivity index (χ3n) is 2.49. The SMILES string of the molecule is CCOCCS(=O)(=O)Nc1cc(C(N)=S)ccc1C. The minimum Gasteiger partial charge on any atom is -0.389 e. The van der Waals surface area contributed by atoms with Crippen LogP contribution in [-0.4, -0.2) is 32.4 Å². The van der Waals surface area contributed by atoms with Crippen molar-refractivity contribution in [3.8, 4) is 0 Å². The molecule has 0 atom stereocenters. The topological polar surface area (TPSA) is 81.4 Å². The Hall–Kier alpha value is -1.18. The van der Waals surface area contributed by atoms with Gasteiger partial charge in [0.25, 0.3) is 0 Å². The van der Waals surface area contributed by atoms with Crippen molar-refractivity contribution < 1.29 is 13.2 Å². The summed E-state index contributed by atoms with van der Waals surface area (Å²) in [6.07, 6.45) is 0. The zero-order chi connectivity index (χ0) is 14.5. The number of ether oxygens (including phenoxy) is 1. The number of thiocarbonyl (C=S) groups is 1. The van der Waals surface area contributed by atoms with Gasteiger partial charge in [-0.05, 0) is 25.5 Å². The van der Waals surface area contributed by atoms with Gasteiger partial charge in [0.1, 0.15) is 4.99 Å². The maximum absolute atomic E-state index is 11.9. The third-order valence-corrected chi connectivity index (χ3v) is 3.96. The van der Waals surface area contributed by atoms with Crippen molar-refractivity contribution in [3.63, 3.8) is 0 Å². The smallest absolute Gasteiger partial charge is 0.235 e. The van der Waals surface area contributed by atoms with Crippen molar-refractivity contribution in [2.45, 2.75) is 13.8 Å². The van der Waals surface area contributed by atoms with Crippen LogP contribution >= 0.6 is 12.2 Å². The summed E-state index contributed by atoms with van der Waals surface area (Å²) in [5.74, 6) is -0.0857. The maximum atomic E-state index is 11.9.